The van der Waals surface area contributed by atoms with Crippen molar-refractivity contribution in [3.63, 3.8) is 0 Å². The van der Waals surface area contributed by atoms with Gasteiger partial charge in [0.1, 0.15) is 6.26 Å². The highest BCUT2D eigenvalue weighted by Gasteiger charge is 2.21. The number of aromatic nitrogens is 1. The maximum absolute atomic E-state index is 12.2. The topological polar surface area (TPSA) is 67.2 Å². The number of nitrogens with one attached hydrogen (secondary N) is 2. The fraction of sp³-hybridized carbons (Fsp3) is 0.444. The van der Waals surface area contributed by atoms with Gasteiger partial charge in [-0.1, -0.05) is 18.2 Å². The summed E-state index contributed by atoms with van der Waals surface area (Å²) in [6.07, 6.45) is 4.05. The molecule has 1 aromatic heterocycles. The van der Waals surface area contributed by atoms with Crippen LogP contribution in [0.1, 0.15) is 25.5 Å². The Bertz CT molecular complexity index is 633. The second kappa shape index (κ2) is 7.42. The first-order valence-corrected chi connectivity index (χ1v) is 8.22. The molecule has 3 rings (SSSR count). The number of hydrogen-bond acceptors (Lipinski definition) is 4. The Balaban J connectivity index is 1.55. The second-order valence-electron chi connectivity index (χ2n) is 6.13. The molecule has 122 valence electrons. The molecule has 2 heterocycles. The first-order chi connectivity index (χ1) is 11.2. The Kier molecular flexibility index (Phi) is 5.08. The largest absolute Gasteiger partial charge is 0.444 e. The summed E-state index contributed by atoms with van der Waals surface area (Å²) in [4.78, 5) is 16.6. The molecular weight excluding hydrogens is 290 g/mol. The molecule has 0 bridgehead atoms. The zero-order valence-corrected chi connectivity index (χ0v) is 13.4. The number of hydrogen-bond donors (Lipinski definition) is 2. The van der Waals surface area contributed by atoms with Gasteiger partial charge in [0.2, 0.25) is 11.8 Å². The van der Waals surface area contributed by atoms with Gasteiger partial charge in [-0.3, -0.25) is 4.79 Å². The predicted molar refractivity (Wildman–Crippen MR) is 88.8 cm³/mol. The van der Waals surface area contributed by atoms with Gasteiger partial charge in [0.05, 0.1) is 12.1 Å². The van der Waals surface area contributed by atoms with Crippen LogP contribution in [0.5, 0.6) is 0 Å². The number of rotatable bonds is 5. The van der Waals surface area contributed by atoms with Crippen LogP contribution in [0, 0.1) is 5.92 Å². The molecular formula is C18H23N3O2. The van der Waals surface area contributed by atoms with E-state index in [-0.39, 0.29) is 18.4 Å². The summed E-state index contributed by atoms with van der Waals surface area (Å²) in [6.45, 7) is 4.16. The Hall–Kier alpha value is -2.14. The van der Waals surface area contributed by atoms with E-state index in [1.807, 2.05) is 30.3 Å². The molecule has 1 aromatic carbocycles. The molecule has 5 nitrogen and oxygen atoms in total. The lowest BCUT2D eigenvalue weighted by Gasteiger charge is -2.28. The van der Waals surface area contributed by atoms with Crippen LogP contribution in [-0.4, -0.2) is 30.0 Å². The zero-order chi connectivity index (χ0) is 16.1. The Morgan fingerprint density at radius 2 is 2.09 bits per heavy atom. The van der Waals surface area contributed by atoms with E-state index < -0.39 is 0 Å². The van der Waals surface area contributed by atoms with Crippen molar-refractivity contribution in [1.29, 1.82) is 0 Å². The number of nitrogens with zero attached hydrogens (tertiary/aromatic N) is 1. The van der Waals surface area contributed by atoms with Crippen LogP contribution in [0.15, 0.2) is 41.0 Å². The molecule has 2 N–H and O–H groups in total. The van der Waals surface area contributed by atoms with E-state index in [4.69, 9.17) is 4.42 Å². The maximum Gasteiger partial charge on any atom is 0.226 e. The van der Waals surface area contributed by atoms with Crippen molar-refractivity contribution in [3.05, 3.63) is 42.3 Å². The molecule has 1 aliphatic heterocycles. The normalized spacial score (nSPS) is 16.9. The number of oxazole rings is 1. The minimum absolute atomic E-state index is 0.00365. The number of amides is 1. The van der Waals surface area contributed by atoms with Crippen LogP contribution in [0.2, 0.25) is 0 Å². The van der Waals surface area contributed by atoms with E-state index in [9.17, 15) is 4.79 Å². The third-order valence-electron chi connectivity index (χ3n) is 4.39. The monoisotopic (exact) mass is 313 g/mol. The summed E-state index contributed by atoms with van der Waals surface area (Å²) in [5.41, 5.74) is 1.58. The first kappa shape index (κ1) is 15.7. The van der Waals surface area contributed by atoms with Crippen molar-refractivity contribution in [2.45, 2.75) is 32.2 Å². The van der Waals surface area contributed by atoms with Crippen molar-refractivity contribution >= 4 is 5.91 Å². The Morgan fingerprint density at radius 3 is 2.83 bits per heavy atom. The van der Waals surface area contributed by atoms with Crippen LogP contribution in [-0.2, 0) is 11.2 Å². The fourth-order valence-electron chi connectivity index (χ4n) is 3.03. The number of carbonyl (C=O) groups is 1. The van der Waals surface area contributed by atoms with Gasteiger partial charge in [-0.25, -0.2) is 4.98 Å². The lowest BCUT2D eigenvalue weighted by molar-refractivity contribution is -0.121. The van der Waals surface area contributed by atoms with Crippen molar-refractivity contribution in [2.24, 2.45) is 5.92 Å². The molecule has 23 heavy (non-hydrogen) atoms. The fourth-order valence-corrected chi connectivity index (χ4v) is 3.03. The molecule has 5 heteroatoms. The summed E-state index contributed by atoms with van der Waals surface area (Å²) >= 11 is 0. The van der Waals surface area contributed by atoms with Crippen molar-refractivity contribution in [3.8, 4) is 11.5 Å². The highest BCUT2D eigenvalue weighted by molar-refractivity contribution is 5.78. The van der Waals surface area contributed by atoms with Crippen LogP contribution in [0.25, 0.3) is 11.5 Å². The van der Waals surface area contributed by atoms with E-state index >= 15 is 0 Å². The van der Waals surface area contributed by atoms with Crippen molar-refractivity contribution < 1.29 is 9.21 Å². The molecule has 0 radical (unpaired) electrons. The van der Waals surface area contributed by atoms with Crippen molar-refractivity contribution in [1.82, 2.24) is 15.6 Å². The summed E-state index contributed by atoms with van der Waals surface area (Å²) in [6, 6.07) is 9.90. The van der Waals surface area contributed by atoms with Crippen LogP contribution < -0.4 is 10.6 Å². The molecule has 1 atom stereocenters. The van der Waals surface area contributed by atoms with Gasteiger partial charge < -0.3 is 15.1 Å². The van der Waals surface area contributed by atoms with Crippen LogP contribution >= 0.6 is 0 Å². The average molecular weight is 313 g/mol. The van der Waals surface area contributed by atoms with Gasteiger partial charge in [0.25, 0.3) is 0 Å². The maximum atomic E-state index is 12.2. The van der Waals surface area contributed by atoms with Gasteiger partial charge in [-0.15, -0.1) is 0 Å². The second-order valence-corrected chi connectivity index (χ2v) is 6.13. The molecule has 1 amide bonds. The van der Waals surface area contributed by atoms with Gasteiger partial charge in [0.15, 0.2) is 0 Å². The highest BCUT2D eigenvalue weighted by Crippen LogP contribution is 2.19. The van der Waals surface area contributed by atoms with E-state index in [0.717, 1.165) is 31.5 Å². The summed E-state index contributed by atoms with van der Waals surface area (Å²) in [7, 11) is 0. The number of carbonyl (C=O) groups excluding carboxylic acids is 1. The minimum atomic E-state index is 0.00365. The smallest absolute Gasteiger partial charge is 0.226 e. The van der Waals surface area contributed by atoms with E-state index in [2.05, 4.69) is 22.5 Å². The number of benzene rings is 1. The average Bonchev–Trinajstić information content (AvgIpc) is 3.04. The lowest BCUT2D eigenvalue weighted by Crippen LogP contribution is -2.43. The third-order valence-corrected chi connectivity index (χ3v) is 4.39. The predicted octanol–water partition coefficient (Wildman–Crippen LogP) is 2.39. The summed E-state index contributed by atoms with van der Waals surface area (Å²) < 4.78 is 5.47. The van der Waals surface area contributed by atoms with Gasteiger partial charge in [-0.05, 0) is 50.9 Å². The zero-order valence-electron chi connectivity index (χ0n) is 13.4. The van der Waals surface area contributed by atoms with E-state index in [1.54, 1.807) is 6.26 Å². The first-order valence-electron chi connectivity index (χ1n) is 8.22. The summed E-state index contributed by atoms with van der Waals surface area (Å²) in [5.74, 6) is 1.11. The van der Waals surface area contributed by atoms with E-state index in [0.29, 0.717) is 17.5 Å². The van der Waals surface area contributed by atoms with Gasteiger partial charge in [0, 0.05) is 11.6 Å². The number of piperidine rings is 1. The minimum Gasteiger partial charge on any atom is -0.444 e. The van der Waals surface area contributed by atoms with Crippen molar-refractivity contribution in [2.75, 3.05) is 13.1 Å². The quantitative estimate of drug-likeness (QED) is 0.889. The Labute approximate surface area is 136 Å². The third kappa shape index (κ3) is 4.20. The molecule has 0 unspecified atom stereocenters. The van der Waals surface area contributed by atoms with Gasteiger partial charge in [-0.2, -0.15) is 0 Å². The van der Waals surface area contributed by atoms with E-state index in [1.165, 1.54) is 0 Å². The Morgan fingerprint density at radius 1 is 1.35 bits per heavy atom. The lowest BCUT2D eigenvalue weighted by atomic mass is 9.91. The molecule has 1 aliphatic rings. The molecule has 1 fully saturated rings. The SMILES string of the molecule is C[C@@H](NC(=O)Cc1coc(-c2ccccc2)n1)C1CCNCC1. The molecule has 2 aromatic rings. The highest BCUT2D eigenvalue weighted by atomic mass is 16.3. The van der Waals surface area contributed by atoms with Gasteiger partial charge >= 0.3 is 0 Å². The molecule has 0 spiro atoms. The van der Waals surface area contributed by atoms with Crippen LogP contribution in [0.4, 0.5) is 0 Å². The molecule has 0 saturated carbocycles. The molecule has 0 aliphatic carbocycles. The summed E-state index contributed by atoms with van der Waals surface area (Å²) in [5, 5.41) is 6.44. The standard InChI is InChI=1S/C18H23N3O2/c1-13(14-7-9-19-10-8-14)20-17(22)11-16-12-23-18(21-16)15-5-3-2-4-6-15/h2-6,12-14,19H,7-11H2,1H3,(H,20,22)/t13-/m1/s1. The molecule has 1 saturated heterocycles. The van der Waals surface area contributed by atoms with Crippen LogP contribution in [0.3, 0.4) is 0 Å².